The number of aryl methyl sites for hydroxylation is 2. The zero-order valence-electron chi connectivity index (χ0n) is 39.1. The fraction of sp³-hybridized carbons (Fsp3) is 0.520. The summed E-state index contributed by atoms with van der Waals surface area (Å²) >= 11 is 0. The van der Waals surface area contributed by atoms with E-state index in [1.54, 1.807) is 55.9 Å². The van der Waals surface area contributed by atoms with Crippen LogP contribution >= 0.6 is 0 Å². The number of allylic oxidation sites excluding steroid dienone is 2. The molecule has 0 spiro atoms. The van der Waals surface area contributed by atoms with Crippen LogP contribution in [0, 0.1) is 35.5 Å². The average molecular weight is 931 g/mol. The van der Waals surface area contributed by atoms with Crippen molar-refractivity contribution >= 4 is 35.8 Å². The minimum absolute atomic E-state index is 0.0470. The highest BCUT2D eigenvalue weighted by molar-refractivity contribution is 5.92. The maximum absolute atomic E-state index is 13.4. The van der Waals surface area contributed by atoms with Gasteiger partial charge >= 0.3 is 0 Å². The van der Waals surface area contributed by atoms with Crippen molar-refractivity contribution in [2.45, 2.75) is 89.6 Å². The zero-order valence-corrected chi connectivity index (χ0v) is 39.1. The van der Waals surface area contributed by atoms with Crippen molar-refractivity contribution in [3.8, 4) is 0 Å². The second-order valence-corrected chi connectivity index (χ2v) is 19.2. The van der Waals surface area contributed by atoms with Gasteiger partial charge in [-0.2, -0.15) is 0 Å². The third-order valence-electron chi connectivity index (χ3n) is 14.7. The van der Waals surface area contributed by atoms with E-state index in [0.29, 0.717) is 50.1 Å². The van der Waals surface area contributed by atoms with E-state index >= 15 is 0 Å². The number of nitrogens with zero attached hydrogens (tertiary/aromatic N) is 8. The summed E-state index contributed by atoms with van der Waals surface area (Å²) in [5, 5.41) is 26.6. The molecule has 4 aromatic rings. The van der Waals surface area contributed by atoms with Crippen molar-refractivity contribution < 1.29 is 29.4 Å². The lowest BCUT2D eigenvalue weighted by molar-refractivity contribution is -0.142. The molecule has 4 N–H and O–H groups in total. The molecule has 8 atom stereocenters. The van der Waals surface area contributed by atoms with Crippen LogP contribution in [-0.4, -0.2) is 110 Å². The normalized spacial score (nSPS) is 25.6. The van der Waals surface area contributed by atoms with E-state index in [0.717, 1.165) is 48.5 Å². The van der Waals surface area contributed by atoms with Gasteiger partial charge in [0.25, 0.3) is 11.1 Å². The van der Waals surface area contributed by atoms with Crippen molar-refractivity contribution in [3.63, 3.8) is 0 Å². The lowest BCUT2D eigenvalue weighted by atomic mass is 9.88. The summed E-state index contributed by atoms with van der Waals surface area (Å²) in [7, 11) is 3.79. The highest BCUT2D eigenvalue weighted by Gasteiger charge is 2.60. The van der Waals surface area contributed by atoms with Gasteiger partial charge in [-0.05, 0) is 63.8 Å². The van der Waals surface area contributed by atoms with Crippen LogP contribution in [0.5, 0.6) is 0 Å². The predicted molar refractivity (Wildman–Crippen MR) is 251 cm³/mol. The van der Waals surface area contributed by atoms with Crippen LogP contribution in [0.15, 0.2) is 71.1 Å². The van der Waals surface area contributed by atoms with Crippen molar-refractivity contribution in [2.24, 2.45) is 49.6 Å². The van der Waals surface area contributed by atoms with E-state index in [1.165, 1.54) is 0 Å². The average Bonchev–Trinajstić information content (AvgIpc) is 4.10. The first-order chi connectivity index (χ1) is 32.9. The van der Waals surface area contributed by atoms with Gasteiger partial charge in [0.15, 0.2) is 0 Å². The fourth-order valence-corrected chi connectivity index (χ4v) is 11.2. The summed E-state index contributed by atoms with van der Waals surface area (Å²) in [5.74, 6) is -2.01. The molecule has 2 saturated heterocycles. The largest absolute Gasteiger partial charge is 0.396 e. The van der Waals surface area contributed by atoms with E-state index in [9.17, 15) is 39.0 Å². The first-order valence-corrected chi connectivity index (χ1v) is 24.0. The van der Waals surface area contributed by atoms with Gasteiger partial charge in [-0.25, -0.2) is 9.97 Å². The molecule has 0 unspecified atom stereocenters. The lowest BCUT2D eigenvalue weighted by Crippen LogP contribution is -2.51. The van der Waals surface area contributed by atoms with E-state index in [2.05, 4.69) is 20.6 Å². The second-order valence-electron chi connectivity index (χ2n) is 19.2. The van der Waals surface area contributed by atoms with Crippen molar-refractivity contribution in [2.75, 3.05) is 26.3 Å². The van der Waals surface area contributed by atoms with Gasteiger partial charge < -0.3 is 48.9 Å². The monoisotopic (exact) mass is 930 g/mol. The Morgan fingerprint density at radius 2 is 1.04 bits per heavy atom. The Morgan fingerprint density at radius 3 is 1.37 bits per heavy atom. The smallest absolute Gasteiger partial charge is 0.258 e. The molecule has 2 aliphatic carbocycles. The molecule has 8 heterocycles. The third kappa shape index (κ3) is 8.67. The van der Waals surface area contributed by atoms with Crippen molar-refractivity contribution in [1.29, 1.82) is 0 Å². The van der Waals surface area contributed by atoms with Gasteiger partial charge in [-0.15, -0.1) is 0 Å². The predicted octanol–water partition coefficient (Wildman–Crippen LogP) is 1.75. The number of pyridine rings is 2. The molecule has 0 bridgehead atoms. The molecule has 2 saturated carbocycles. The number of likely N-dealkylation sites (tertiary alicyclic amines) is 2. The van der Waals surface area contributed by atoms with Gasteiger partial charge in [0.2, 0.25) is 23.6 Å². The fourth-order valence-electron chi connectivity index (χ4n) is 11.2. The van der Waals surface area contributed by atoms with Gasteiger partial charge in [0.05, 0.1) is 36.1 Å². The van der Waals surface area contributed by atoms with Gasteiger partial charge in [0.1, 0.15) is 12.1 Å². The van der Waals surface area contributed by atoms with Crippen molar-refractivity contribution in [3.05, 3.63) is 116 Å². The Morgan fingerprint density at radius 1 is 0.647 bits per heavy atom. The number of carbonyl (C=O) groups excluding carboxylic acids is 4. The van der Waals surface area contributed by atoms with Crippen LogP contribution in [-0.2, 0) is 59.2 Å². The number of aliphatic hydroxyl groups is 2. The molecule has 4 aliphatic heterocycles. The summed E-state index contributed by atoms with van der Waals surface area (Å²) < 4.78 is 7.15. The highest BCUT2D eigenvalue weighted by atomic mass is 16.3. The molecular formula is C50H62N10O8. The number of aromatic nitrogens is 6. The number of imidazole rings is 2. The second kappa shape index (κ2) is 19.3. The van der Waals surface area contributed by atoms with Crippen molar-refractivity contribution in [1.82, 2.24) is 48.7 Å². The topological polar surface area (TPSA) is 219 Å². The molecule has 4 amide bonds. The first-order valence-electron chi connectivity index (χ1n) is 24.0. The number of fused-ring (bicyclic) bond motifs is 6. The van der Waals surface area contributed by atoms with Gasteiger partial charge in [-0.1, -0.05) is 24.3 Å². The maximum Gasteiger partial charge on any atom is 0.258 e. The van der Waals surface area contributed by atoms with Gasteiger partial charge in [-0.3, -0.25) is 28.8 Å². The number of carbonyl (C=O) groups is 4. The Kier molecular flexibility index (Phi) is 13.3. The minimum Gasteiger partial charge on any atom is -0.396 e. The number of hydrogen-bond donors (Lipinski definition) is 4. The summed E-state index contributed by atoms with van der Waals surface area (Å²) in [5.41, 5.74) is 4.24. The number of hydrogen-bond acceptors (Lipinski definition) is 10. The standard InChI is InChI=1S/2C25H31N5O4/c2*1-3-4-15-7-8-20-21-18(12-29(20)24(15)33)19(13-31)22(30(21)25(34)16-5-6-16)23(32)26-10-9-17-11-28(2)14-27-17/h2*3-4,7-8,11,14,16,18-19,21-22,31H,5-6,9-10,12-13H2,1-2H3,(H,26,32)/b4-3+;4-3-/t2*18-,19-,21+,22-/m11/s1. The SMILES string of the molecule is C/C=C/c1ccc2n(c1=O)C[C@@H]1[C@@H](CO)[C@H](C(=O)NCCc3cn(C)cn3)N(C(=O)C3CC3)[C@H]21.C/C=C\c1ccc2n(c1=O)C[C@@H]1[C@@H](CO)[C@H](C(=O)NCCc3cn(C)cn3)N(C(=O)C3CC3)[C@H]21. The van der Waals surface area contributed by atoms with Crippen LogP contribution in [0.1, 0.15) is 85.5 Å². The molecule has 18 nitrogen and oxygen atoms in total. The number of amides is 4. The Hall–Kier alpha value is -6.40. The highest BCUT2D eigenvalue weighted by Crippen LogP contribution is 2.52. The summed E-state index contributed by atoms with van der Waals surface area (Å²) in [6, 6.07) is 5.07. The molecule has 360 valence electrons. The molecule has 0 aromatic carbocycles. The summed E-state index contributed by atoms with van der Waals surface area (Å²) in [6.45, 7) is 4.85. The molecule has 18 heteroatoms. The number of rotatable bonds is 14. The Labute approximate surface area is 394 Å². The van der Waals surface area contributed by atoms with E-state index in [1.807, 2.05) is 73.8 Å². The van der Waals surface area contributed by atoms with E-state index in [4.69, 9.17) is 0 Å². The van der Waals surface area contributed by atoms with Crippen LogP contribution in [0.4, 0.5) is 0 Å². The van der Waals surface area contributed by atoms with E-state index in [-0.39, 0.29) is 83.7 Å². The quantitative estimate of drug-likeness (QED) is 0.144. The summed E-state index contributed by atoms with van der Waals surface area (Å²) in [4.78, 5) is 91.7. The zero-order chi connectivity index (χ0) is 48.0. The van der Waals surface area contributed by atoms with E-state index < -0.39 is 23.9 Å². The number of aliphatic hydroxyl groups excluding tert-OH is 2. The van der Waals surface area contributed by atoms with Crippen LogP contribution < -0.4 is 21.8 Å². The molecular weight excluding hydrogens is 869 g/mol. The van der Waals surface area contributed by atoms with Gasteiger partial charge in [0, 0.05) is 137 Å². The Balaban J connectivity index is 0.000000170. The molecule has 4 aromatic heterocycles. The lowest BCUT2D eigenvalue weighted by Gasteiger charge is -2.31. The third-order valence-corrected chi connectivity index (χ3v) is 14.7. The van der Waals surface area contributed by atoms with Crippen LogP contribution in [0.2, 0.25) is 0 Å². The van der Waals surface area contributed by atoms with Crippen LogP contribution in [0.3, 0.4) is 0 Å². The Bertz CT molecular complexity index is 2570. The molecule has 68 heavy (non-hydrogen) atoms. The molecule has 4 fully saturated rings. The maximum atomic E-state index is 13.4. The molecule has 0 radical (unpaired) electrons. The molecule has 10 rings (SSSR count). The summed E-state index contributed by atoms with van der Waals surface area (Å²) in [6.07, 6.45) is 18.9. The van der Waals surface area contributed by atoms with Crippen LogP contribution in [0.25, 0.3) is 12.2 Å². The first kappa shape index (κ1) is 46.7. The molecule has 6 aliphatic rings. The number of nitrogens with one attached hydrogen (secondary N) is 2. The minimum atomic E-state index is -0.754.